The Hall–Kier alpha value is -1.07. The van der Waals surface area contributed by atoms with E-state index in [0.717, 1.165) is 10.0 Å². The Morgan fingerprint density at radius 1 is 1.29 bits per heavy atom. The van der Waals surface area contributed by atoms with Gasteiger partial charge in [-0.25, -0.2) is 0 Å². The number of halogens is 2. The van der Waals surface area contributed by atoms with Gasteiger partial charge >= 0.3 is 0 Å². The van der Waals surface area contributed by atoms with Crippen molar-refractivity contribution in [3.05, 3.63) is 34.3 Å². The predicted octanol–water partition coefficient (Wildman–Crippen LogP) is 1.50. The molecule has 2 amide bonds. The third-order valence-corrected chi connectivity index (χ3v) is 2.86. The van der Waals surface area contributed by atoms with Crippen LogP contribution in [-0.4, -0.2) is 29.1 Å². The topological polar surface area (TPSA) is 63.4 Å². The van der Waals surface area contributed by atoms with E-state index in [-0.39, 0.29) is 18.3 Å². The summed E-state index contributed by atoms with van der Waals surface area (Å²) in [5, 5.41) is 0. The van der Waals surface area contributed by atoms with Crippen LogP contribution in [0.1, 0.15) is 5.56 Å². The molecule has 4 nitrogen and oxygen atoms in total. The zero-order chi connectivity index (χ0) is 12.8. The zero-order valence-corrected chi connectivity index (χ0v) is 11.4. The number of hydrogen-bond acceptors (Lipinski definition) is 2. The Bertz CT molecular complexity index is 408. The number of carbonyl (C=O) groups excluding carboxylic acids is 2. The van der Waals surface area contributed by atoms with Gasteiger partial charge in [0.2, 0.25) is 11.8 Å². The van der Waals surface area contributed by atoms with Crippen LogP contribution >= 0.6 is 27.5 Å². The van der Waals surface area contributed by atoms with Gasteiger partial charge in [0.25, 0.3) is 0 Å². The molecule has 0 aromatic heterocycles. The fourth-order valence-corrected chi connectivity index (χ4v) is 1.75. The largest absolute Gasteiger partial charge is 0.368 e. The lowest BCUT2D eigenvalue weighted by Gasteiger charge is -2.20. The smallest absolute Gasteiger partial charge is 0.238 e. The Kier molecular flexibility index (Phi) is 5.44. The van der Waals surface area contributed by atoms with Crippen molar-refractivity contribution >= 4 is 39.3 Å². The predicted molar refractivity (Wildman–Crippen MR) is 69.5 cm³/mol. The Morgan fingerprint density at radius 2 is 1.88 bits per heavy atom. The molecule has 0 saturated heterocycles. The first kappa shape index (κ1) is 14.0. The number of nitrogens with zero attached hydrogens (tertiary/aromatic N) is 1. The number of benzene rings is 1. The van der Waals surface area contributed by atoms with Gasteiger partial charge in [0, 0.05) is 11.0 Å². The molecule has 0 saturated carbocycles. The van der Waals surface area contributed by atoms with Crippen LogP contribution in [0.25, 0.3) is 0 Å². The molecule has 1 aromatic carbocycles. The Morgan fingerprint density at radius 3 is 2.35 bits per heavy atom. The number of nitrogens with two attached hydrogens (primary N) is 1. The summed E-state index contributed by atoms with van der Waals surface area (Å²) >= 11 is 8.79. The molecule has 2 N–H and O–H groups in total. The quantitative estimate of drug-likeness (QED) is 0.836. The maximum absolute atomic E-state index is 11.5. The molecular formula is C11H12BrClN2O2. The minimum atomic E-state index is -0.555. The monoisotopic (exact) mass is 318 g/mol. The van der Waals surface area contributed by atoms with Crippen LogP contribution in [0.15, 0.2) is 28.7 Å². The summed E-state index contributed by atoms with van der Waals surface area (Å²) in [6, 6.07) is 7.45. The summed E-state index contributed by atoms with van der Waals surface area (Å²) in [5.41, 5.74) is 5.99. The van der Waals surface area contributed by atoms with Crippen LogP contribution in [0.4, 0.5) is 0 Å². The fourth-order valence-electron chi connectivity index (χ4n) is 1.32. The number of alkyl halides is 1. The van der Waals surface area contributed by atoms with E-state index in [2.05, 4.69) is 15.9 Å². The van der Waals surface area contributed by atoms with Crippen LogP contribution in [0.2, 0.25) is 0 Å². The maximum atomic E-state index is 11.5. The third kappa shape index (κ3) is 4.75. The fraction of sp³-hybridized carbons (Fsp3) is 0.273. The summed E-state index contributed by atoms with van der Waals surface area (Å²) < 4.78 is 0.950. The Labute approximate surface area is 113 Å². The standard InChI is InChI=1S/C11H12BrClN2O2/c12-9-3-1-8(2-4-9)6-15(7-10(14)16)11(17)5-13/h1-4H,5-7H2,(H2,14,16). The second-order valence-corrected chi connectivity index (χ2v) is 4.66. The molecule has 0 aliphatic carbocycles. The highest BCUT2D eigenvalue weighted by atomic mass is 79.9. The molecule has 6 heteroatoms. The van der Waals surface area contributed by atoms with Gasteiger partial charge in [-0.15, -0.1) is 11.6 Å². The summed E-state index contributed by atoms with van der Waals surface area (Å²) in [6.07, 6.45) is 0. The van der Waals surface area contributed by atoms with E-state index in [1.165, 1.54) is 4.90 Å². The van der Waals surface area contributed by atoms with E-state index in [1.807, 2.05) is 24.3 Å². The van der Waals surface area contributed by atoms with Crippen molar-refractivity contribution in [1.82, 2.24) is 4.90 Å². The first-order valence-electron chi connectivity index (χ1n) is 4.89. The molecule has 0 aliphatic rings. The van der Waals surface area contributed by atoms with Crippen molar-refractivity contribution in [2.75, 3.05) is 12.4 Å². The summed E-state index contributed by atoms with van der Waals surface area (Å²) in [4.78, 5) is 23.7. The number of hydrogen-bond donors (Lipinski definition) is 1. The van der Waals surface area contributed by atoms with E-state index in [9.17, 15) is 9.59 Å². The van der Waals surface area contributed by atoms with Gasteiger partial charge in [-0.3, -0.25) is 9.59 Å². The SMILES string of the molecule is NC(=O)CN(Cc1ccc(Br)cc1)C(=O)CCl. The van der Waals surface area contributed by atoms with E-state index < -0.39 is 5.91 Å². The lowest BCUT2D eigenvalue weighted by atomic mass is 10.2. The van der Waals surface area contributed by atoms with Crippen molar-refractivity contribution in [2.24, 2.45) is 5.73 Å². The minimum Gasteiger partial charge on any atom is -0.368 e. The van der Waals surface area contributed by atoms with Crippen molar-refractivity contribution < 1.29 is 9.59 Å². The molecule has 0 fully saturated rings. The molecule has 0 bridgehead atoms. The molecule has 0 unspecified atom stereocenters. The lowest BCUT2D eigenvalue weighted by molar-refractivity contribution is -0.133. The number of amides is 2. The highest BCUT2D eigenvalue weighted by Gasteiger charge is 2.14. The highest BCUT2D eigenvalue weighted by Crippen LogP contribution is 2.12. The average Bonchev–Trinajstić information content (AvgIpc) is 2.29. The first-order chi connectivity index (χ1) is 8.02. The van der Waals surface area contributed by atoms with E-state index in [1.54, 1.807) is 0 Å². The van der Waals surface area contributed by atoms with Crippen molar-refractivity contribution in [2.45, 2.75) is 6.54 Å². The summed E-state index contributed by atoms with van der Waals surface area (Å²) in [7, 11) is 0. The minimum absolute atomic E-state index is 0.123. The van der Waals surface area contributed by atoms with Crippen LogP contribution in [0.5, 0.6) is 0 Å². The van der Waals surface area contributed by atoms with E-state index >= 15 is 0 Å². The lowest BCUT2D eigenvalue weighted by Crippen LogP contribution is -2.38. The number of rotatable bonds is 5. The zero-order valence-electron chi connectivity index (χ0n) is 9.03. The molecule has 0 aliphatic heterocycles. The molecular weight excluding hydrogens is 307 g/mol. The second-order valence-electron chi connectivity index (χ2n) is 3.48. The van der Waals surface area contributed by atoms with Crippen molar-refractivity contribution in [3.8, 4) is 0 Å². The van der Waals surface area contributed by atoms with Crippen LogP contribution in [-0.2, 0) is 16.1 Å². The summed E-state index contributed by atoms with van der Waals surface area (Å²) in [6.45, 7) is 0.198. The molecule has 1 aromatic rings. The summed E-state index contributed by atoms with van der Waals surface area (Å²) in [5.74, 6) is -1.03. The van der Waals surface area contributed by atoms with E-state index in [0.29, 0.717) is 6.54 Å². The van der Waals surface area contributed by atoms with Gasteiger partial charge in [0.05, 0.1) is 6.54 Å². The van der Waals surface area contributed by atoms with Crippen molar-refractivity contribution in [1.29, 1.82) is 0 Å². The van der Waals surface area contributed by atoms with Gasteiger partial charge in [0.15, 0.2) is 0 Å². The molecule has 0 atom stereocenters. The van der Waals surface area contributed by atoms with Gasteiger partial charge in [0.1, 0.15) is 5.88 Å². The van der Waals surface area contributed by atoms with Crippen molar-refractivity contribution in [3.63, 3.8) is 0 Å². The van der Waals surface area contributed by atoms with Crippen LogP contribution < -0.4 is 5.73 Å². The van der Waals surface area contributed by atoms with Crippen LogP contribution in [0.3, 0.4) is 0 Å². The highest BCUT2D eigenvalue weighted by molar-refractivity contribution is 9.10. The maximum Gasteiger partial charge on any atom is 0.238 e. The third-order valence-electron chi connectivity index (χ3n) is 2.10. The molecule has 92 valence electrons. The molecule has 1 rings (SSSR count). The Balaban J connectivity index is 2.75. The molecule has 17 heavy (non-hydrogen) atoms. The molecule has 0 radical (unpaired) electrons. The normalized spacial score (nSPS) is 10.0. The first-order valence-corrected chi connectivity index (χ1v) is 6.22. The van der Waals surface area contributed by atoms with Gasteiger partial charge < -0.3 is 10.6 Å². The van der Waals surface area contributed by atoms with E-state index in [4.69, 9.17) is 17.3 Å². The molecule has 0 heterocycles. The molecule has 0 spiro atoms. The van der Waals surface area contributed by atoms with Gasteiger partial charge in [-0.05, 0) is 17.7 Å². The van der Waals surface area contributed by atoms with Crippen LogP contribution in [0, 0.1) is 0 Å². The number of primary amides is 1. The average molecular weight is 320 g/mol. The van der Waals surface area contributed by atoms with Gasteiger partial charge in [-0.2, -0.15) is 0 Å². The second kappa shape index (κ2) is 6.61. The van der Waals surface area contributed by atoms with Gasteiger partial charge in [-0.1, -0.05) is 28.1 Å². The number of carbonyl (C=O) groups is 2.